The summed E-state index contributed by atoms with van der Waals surface area (Å²) in [5, 5.41) is 5.22. The van der Waals surface area contributed by atoms with Crippen molar-refractivity contribution in [2.75, 3.05) is 35.5 Å². The lowest BCUT2D eigenvalue weighted by atomic mass is 10.0. The molecule has 5 aromatic rings. The summed E-state index contributed by atoms with van der Waals surface area (Å²) in [6.45, 7) is 0. The van der Waals surface area contributed by atoms with Crippen LogP contribution in [-0.4, -0.2) is 58.6 Å². The first kappa shape index (κ1) is 31.7. The summed E-state index contributed by atoms with van der Waals surface area (Å²) in [5.74, 6) is 0.949. The van der Waals surface area contributed by atoms with Gasteiger partial charge in [-0.25, -0.2) is 10.2 Å². The van der Waals surface area contributed by atoms with Gasteiger partial charge in [-0.2, -0.15) is 5.10 Å². The molecule has 0 unspecified atom stereocenters. The third-order valence-electron chi connectivity index (χ3n) is 7.08. The second kappa shape index (κ2) is 14.0. The lowest BCUT2D eigenvalue weighted by molar-refractivity contribution is 0.0733. The zero-order valence-electron chi connectivity index (χ0n) is 25.6. The van der Waals surface area contributed by atoms with Gasteiger partial charge in [0.25, 0.3) is 5.91 Å². The third kappa shape index (κ3) is 6.13. The molecule has 0 bridgehead atoms. The van der Waals surface area contributed by atoms with Crippen LogP contribution < -0.4 is 33.8 Å². The molecule has 0 aliphatic rings. The molecule has 2 N–H and O–H groups in total. The van der Waals surface area contributed by atoms with Crippen molar-refractivity contribution in [3.8, 4) is 45.6 Å². The number of H-pyrrole nitrogens is 1. The second-order valence-electron chi connectivity index (χ2n) is 9.62. The van der Waals surface area contributed by atoms with E-state index in [2.05, 4.69) is 15.5 Å². The van der Waals surface area contributed by atoms with E-state index in [1.54, 1.807) is 55.6 Å². The molecule has 0 atom stereocenters. The van der Waals surface area contributed by atoms with Crippen LogP contribution in [-0.2, 0) is 0 Å². The molecular weight excluding hydrogens is 614 g/mol. The van der Waals surface area contributed by atoms with Crippen LogP contribution >= 0.6 is 11.6 Å². The fourth-order valence-electron chi connectivity index (χ4n) is 4.95. The molecule has 0 saturated carbocycles. The van der Waals surface area contributed by atoms with Gasteiger partial charge in [0.15, 0.2) is 11.5 Å². The number of aromatic amines is 1. The molecule has 0 spiro atoms. The smallest absolute Gasteiger partial charge is 0.343 e. The quantitative estimate of drug-likeness (QED) is 0.0721. The number of hydrogen-bond donors (Lipinski definition) is 2. The fraction of sp³-hybridized carbons (Fsp3) is 0.147. The van der Waals surface area contributed by atoms with Crippen molar-refractivity contribution in [3.05, 3.63) is 94.6 Å². The number of hydrazone groups is 1. The van der Waals surface area contributed by atoms with Crippen LogP contribution in [0.4, 0.5) is 0 Å². The molecule has 1 amide bonds. The molecule has 11 nitrogen and oxygen atoms in total. The highest BCUT2D eigenvalue weighted by Gasteiger charge is 2.25. The van der Waals surface area contributed by atoms with Crippen molar-refractivity contribution < 1.29 is 38.0 Å². The Bertz CT molecular complexity index is 1930. The number of carbonyl (C=O) groups is 2. The number of nitrogens with zero attached hydrogens (tertiary/aromatic N) is 1. The van der Waals surface area contributed by atoms with Gasteiger partial charge in [0, 0.05) is 21.7 Å². The number of aromatic nitrogens is 1. The summed E-state index contributed by atoms with van der Waals surface area (Å²) in [6.07, 6.45) is 1.37. The molecule has 1 heterocycles. The topological polar surface area (TPSA) is 130 Å². The van der Waals surface area contributed by atoms with Gasteiger partial charge in [0.05, 0.1) is 58.2 Å². The maximum absolute atomic E-state index is 13.6. The lowest BCUT2D eigenvalue weighted by Gasteiger charge is -2.14. The molecule has 0 aliphatic heterocycles. The standard InChI is InChI=1S/C34H30ClN3O8/c1-41-24-14-15-25(42-2)30-29(24)28(21-11-7-8-12-22(21)35)31(37-30)33(39)38-36-18-19-10-6-9-13-23(19)46-34(40)20-16-26(43-3)32(45-5)27(17-20)44-4/h6-18,37H,1-5H3,(H,38,39). The summed E-state index contributed by atoms with van der Waals surface area (Å²) in [7, 11) is 7.45. The van der Waals surface area contributed by atoms with Gasteiger partial charge in [-0.05, 0) is 42.5 Å². The Morgan fingerprint density at radius 1 is 0.761 bits per heavy atom. The van der Waals surface area contributed by atoms with Crippen molar-refractivity contribution in [1.82, 2.24) is 10.4 Å². The number of benzene rings is 4. The number of halogens is 1. The molecule has 0 saturated heterocycles. The third-order valence-corrected chi connectivity index (χ3v) is 7.41. The van der Waals surface area contributed by atoms with Crippen LogP contribution in [0.15, 0.2) is 77.9 Å². The molecule has 0 fully saturated rings. The SMILES string of the molecule is COc1cc(C(=O)Oc2ccccc2C=NNC(=O)c2[nH]c3c(OC)ccc(OC)c3c2-c2ccccc2Cl)cc(OC)c1OC. The minimum Gasteiger partial charge on any atom is -0.496 e. The van der Waals surface area contributed by atoms with Crippen molar-refractivity contribution >= 4 is 40.6 Å². The monoisotopic (exact) mass is 643 g/mol. The molecule has 1 aromatic heterocycles. The molecule has 5 rings (SSSR count). The predicted molar refractivity (Wildman–Crippen MR) is 174 cm³/mol. The van der Waals surface area contributed by atoms with E-state index in [-0.39, 0.29) is 17.0 Å². The summed E-state index contributed by atoms with van der Waals surface area (Å²) in [4.78, 5) is 29.9. The van der Waals surface area contributed by atoms with Gasteiger partial charge in [0.1, 0.15) is 22.9 Å². The highest BCUT2D eigenvalue weighted by atomic mass is 35.5. The fourth-order valence-corrected chi connectivity index (χ4v) is 5.18. The van der Waals surface area contributed by atoms with Gasteiger partial charge in [-0.3, -0.25) is 4.79 Å². The Balaban J connectivity index is 1.45. The van der Waals surface area contributed by atoms with Gasteiger partial charge < -0.3 is 33.4 Å². The minimum absolute atomic E-state index is 0.173. The summed E-state index contributed by atoms with van der Waals surface area (Å²) in [6, 6.07) is 20.4. The highest BCUT2D eigenvalue weighted by molar-refractivity contribution is 6.34. The van der Waals surface area contributed by atoms with E-state index in [1.807, 2.05) is 12.1 Å². The Kier molecular flexibility index (Phi) is 9.63. The van der Waals surface area contributed by atoms with Crippen molar-refractivity contribution in [2.24, 2.45) is 5.10 Å². The van der Waals surface area contributed by atoms with Crippen LogP contribution in [0, 0.1) is 0 Å². The number of hydrogen-bond acceptors (Lipinski definition) is 9. The van der Waals surface area contributed by atoms with E-state index < -0.39 is 11.9 Å². The number of ether oxygens (including phenoxy) is 6. The highest BCUT2D eigenvalue weighted by Crippen LogP contribution is 2.44. The maximum atomic E-state index is 13.6. The normalized spacial score (nSPS) is 10.9. The largest absolute Gasteiger partial charge is 0.496 e. The molecule has 46 heavy (non-hydrogen) atoms. The first-order valence-electron chi connectivity index (χ1n) is 13.8. The number of amides is 1. The van der Waals surface area contributed by atoms with Crippen LogP contribution in [0.2, 0.25) is 5.02 Å². The van der Waals surface area contributed by atoms with Crippen LogP contribution in [0.5, 0.6) is 34.5 Å². The van der Waals surface area contributed by atoms with E-state index in [4.69, 9.17) is 40.0 Å². The molecule has 4 aromatic carbocycles. The first-order valence-corrected chi connectivity index (χ1v) is 14.2. The van der Waals surface area contributed by atoms with Crippen LogP contribution in [0.25, 0.3) is 22.0 Å². The molecule has 0 radical (unpaired) electrons. The van der Waals surface area contributed by atoms with Crippen molar-refractivity contribution in [3.63, 3.8) is 0 Å². The average molecular weight is 644 g/mol. The summed E-state index contributed by atoms with van der Waals surface area (Å²) >= 11 is 6.59. The number of methoxy groups -OCH3 is 5. The van der Waals surface area contributed by atoms with E-state index in [9.17, 15) is 9.59 Å². The van der Waals surface area contributed by atoms with E-state index in [0.717, 1.165) is 0 Å². The number of fused-ring (bicyclic) bond motifs is 1. The number of esters is 1. The van der Waals surface area contributed by atoms with Crippen molar-refractivity contribution in [1.29, 1.82) is 0 Å². The van der Waals surface area contributed by atoms with E-state index >= 15 is 0 Å². The first-order chi connectivity index (χ1) is 22.3. The van der Waals surface area contributed by atoms with Crippen LogP contribution in [0.3, 0.4) is 0 Å². The Hall–Kier alpha value is -5.68. The number of rotatable bonds is 11. The van der Waals surface area contributed by atoms with Crippen molar-refractivity contribution in [2.45, 2.75) is 0 Å². The second-order valence-corrected chi connectivity index (χ2v) is 10.0. The Morgan fingerprint density at radius 2 is 1.39 bits per heavy atom. The van der Waals surface area contributed by atoms with Gasteiger partial charge >= 0.3 is 5.97 Å². The number of nitrogens with one attached hydrogen (secondary N) is 2. The van der Waals surface area contributed by atoms with Crippen LogP contribution in [0.1, 0.15) is 26.4 Å². The molecule has 12 heteroatoms. The average Bonchev–Trinajstić information content (AvgIpc) is 3.48. The lowest BCUT2D eigenvalue weighted by Crippen LogP contribution is -2.19. The number of carbonyl (C=O) groups excluding carboxylic acids is 2. The molecular formula is C34H30ClN3O8. The summed E-state index contributed by atoms with van der Waals surface area (Å²) < 4.78 is 32.9. The molecule has 0 aliphatic carbocycles. The minimum atomic E-state index is -0.672. The maximum Gasteiger partial charge on any atom is 0.343 e. The Morgan fingerprint density at radius 3 is 2.04 bits per heavy atom. The van der Waals surface area contributed by atoms with Gasteiger partial charge in [-0.15, -0.1) is 0 Å². The Labute approximate surface area is 269 Å². The zero-order chi connectivity index (χ0) is 32.8. The predicted octanol–water partition coefficient (Wildman–Crippen LogP) is 6.51. The summed E-state index contributed by atoms with van der Waals surface area (Å²) in [5.41, 5.74) is 5.02. The van der Waals surface area contributed by atoms with Gasteiger partial charge in [-0.1, -0.05) is 41.9 Å². The van der Waals surface area contributed by atoms with E-state index in [0.29, 0.717) is 61.4 Å². The zero-order valence-corrected chi connectivity index (χ0v) is 26.4. The molecule has 236 valence electrons. The number of para-hydroxylation sites is 1. The van der Waals surface area contributed by atoms with E-state index in [1.165, 1.54) is 46.8 Å². The van der Waals surface area contributed by atoms with Gasteiger partial charge in [0.2, 0.25) is 5.75 Å².